The van der Waals surface area contributed by atoms with Crippen molar-refractivity contribution in [2.75, 3.05) is 13.2 Å². The van der Waals surface area contributed by atoms with Crippen LogP contribution in [0.5, 0.6) is 0 Å². The second kappa shape index (κ2) is 12.3. The van der Waals surface area contributed by atoms with E-state index in [9.17, 15) is 14.4 Å². The fourth-order valence-corrected chi connectivity index (χ4v) is 4.61. The molecule has 1 aliphatic heterocycles. The van der Waals surface area contributed by atoms with Gasteiger partial charge in [-0.15, -0.1) is 0 Å². The van der Waals surface area contributed by atoms with Crippen LogP contribution in [0.15, 0.2) is 54.7 Å². The van der Waals surface area contributed by atoms with Crippen LogP contribution < -0.4 is 5.32 Å². The van der Waals surface area contributed by atoms with Crippen LogP contribution in [0, 0.1) is 0 Å². The molecular formula is C29H39N3O5. The monoisotopic (exact) mass is 509 g/mol. The molecule has 8 nitrogen and oxygen atoms in total. The molecule has 1 unspecified atom stereocenters. The molecule has 0 saturated carbocycles. The minimum absolute atomic E-state index is 0.226. The number of carbonyl (C=O) groups is 3. The average molecular weight is 510 g/mol. The number of hydrogen-bond donors (Lipinski definition) is 1. The summed E-state index contributed by atoms with van der Waals surface area (Å²) in [6.45, 7) is 9.54. The van der Waals surface area contributed by atoms with Gasteiger partial charge in [-0.05, 0) is 78.0 Å². The molecule has 0 bridgehead atoms. The number of esters is 2. The number of nitrogens with zero attached hydrogens (tertiary/aromatic N) is 2. The van der Waals surface area contributed by atoms with Gasteiger partial charge >= 0.3 is 11.9 Å². The zero-order valence-electron chi connectivity index (χ0n) is 22.5. The van der Waals surface area contributed by atoms with Gasteiger partial charge in [-0.3, -0.25) is 19.9 Å². The molecule has 1 saturated heterocycles. The summed E-state index contributed by atoms with van der Waals surface area (Å²) in [6, 6.07) is 13.7. The molecule has 3 atom stereocenters. The predicted molar refractivity (Wildman–Crippen MR) is 140 cm³/mol. The highest BCUT2D eigenvalue weighted by Gasteiger charge is 2.47. The number of likely N-dealkylation sites (tertiary alicyclic amines) is 1. The van der Waals surface area contributed by atoms with E-state index in [0.717, 1.165) is 5.56 Å². The van der Waals surface area contributed by atoms with Gasteiger partial charge in [0, 0.05) is 12.7 Å². The van der Waals surface area contributed by atoms with Crippen molar-refractivity contribution in [2.45, 2.75) is 83.5 Å². The summed E-state index contributed by atoms with van der Waals surface area (Å²) in [6.07, 6.45) is 3.86. The Morgan fingerprint density at radius 2 is 1.78 bits per heavy atom. The van der Waals surface area contributed by atoms with Crippen molar-refractivity contribution in [3.05, 3.63) is 66.0 Å². The summed E-state index contributed by atoms with van der Waals surface area (Å²) < 4.78 is 11.0. The number of carbonyl (C=O) groups excluding carboxylic acids is 3. The van der Waals surface area contributed by atoms with E-state index in [4.69, 9.17) is 9.47 Å². The number of nitrogens with one attached hydrogen (secondary N) is 1. The van der Waals surface area contributed by atoms with Gasteiger partial charge in [0.1, 0.15) is 23.2 Å². The molecule has 1 aromatic heterocycles. The first kappa shape index (κ1) is 28.3. The largest absolute Gasteiger partial charge is 0.465 e. The first-order valence-corrected chi connectivity index (χ1v) is 13.0. The Balaban J connectivity index is 1.92. The van der Waals surface area contributed by atoms with Crippen LogP contribution >= 0.6 is 0 Å². The van der Waals surface area contributed by atoms with Crippen LogP contribution in [0.25, 0.3) is 0 Å². The Labute approximate surface area is 219 Å². The lowest BCUT2D eigenvalue weighted by Gasteiger charge is -2.37. The fraction of sp³-hybridized carbons (Fsp3) is 0.517. The molecule has 1 amide bonds. The van der Waals surface area contributed by atoms with Crippen molar-refractivity contribution in [1.29, 1.82) is 0 Å². The smallest absolute Gasteiger partial charge is 0.329 e. The van der Waals surface area contributed by atoms with Crippen molar-refractivity contribution in [2.24, 2.45) is 0 Å². The number of aromatic nitrogens is 1. The van der Waals surface area contributed by atoms with E-state index in [-0.39, 0.29) is 12.5 Å². The van der Waals surface area contributed by atoms with E-state index in [2.05, 4.69) is 10.3 Å². The zero-order chi connectivity index (χ0) is 27.1. The van der Waals surface area contributed by atoms with Gasteiger partial charge in [-0.25, -0.2) is 4.79 Å². The van der Waals surface area contributed by atoms with Gasteiger partial charge in [0.25, 0.3) is 0 Å². The topological polar surface area (TPSA) is 97.8 Å². The summed E-state index contributed by atoms with van der Waals surface area (Å²) >= 11 is 0. The van der Waals surface area contributed by atoms with Crippen LogP contribution in [0.2, 0.25) is 0 Å². The Morgan fingerprint density at radius 1 is 1.08 bits per heavy atom. The second-order valence-corrected chi connectivity index (χ2v) is 10.5. The van der Waals surface area contributed by atoms with E-state index < -0.39 is 35.2 Å². The van der Waals surface area contributed by atoms with Crippen LogP contribution in [-0.4, -0.2) is 58.6 Å². The maximum Gasteiger partial charge on any atom is 0.329 e. The molecule has 0 aliphatic carbocycles. The molecule has 200 valence electrons. The minimum Gasteiger partial charge on any atom is -0.465 e. The van der Waals surface area contributed by atoms with Crippen molar-refractivity contribution >= 4 is 17.8 Å². The molecular weight excluding hydrogens is 470 g/mol. The summed E-state index contributed by atoms with van der Waals surface area (Å²) in [5.41, 5.74) is -0.499. The number of benzene rings is 1. The Hall–Kier alpha value is -3.26. The van der Waals surface area contributed by atoms with Gasteiger partial charge in [-0.2, -0.15) is 0 Å². The molecule has 1 N–H and O–H groups in total. The number of ether oxygens (including phenoxy) is 2. The summed E-state index contributed by atoms with van der Waals surface area (Å²) in [5, 5.41) is 3.31. The Kier molecular flexibility index (Phi) is 9.43. The predicted octanol–water partition coefficient (Wildman–Crippen LogP) is 3.78. The zero-order valence-corrected chi connectivity index (χ0v) is 22.5. The standard InChI is InChI=1S/C29H39N3O5/c1-6-36-25(33)22(18-17-21-13-8-7-9-14-21)31-29(5,24-16-10-11-19-30-24)27(35)32-20-12-15-23(32)26(34)37-28(2,3)4/h7-11,13-14,16,19,22-23,31H,6,12,15,17-18,20H2,1-5H3/t22?,23-,29+/m0/s1. The van der Waals surface area contributed by atoms with Crippen LogP contribution in [-0.2, 0) is 35.8 Å². The van der Waals surface area contributed by atoms with E-state index >= 15 is 0 Å². The summed E-state index contributed by atoms with van der Waals surface area (Å²) in [7, 11) is 0. The van der Waals surface area contributed by atoms with E-state index in [1.165, 1.54) is 0 Å². The first-order chi connectivity index (χ1) is 17.5. The van der Waals surface area contributed by atoms with Crippen LogP contribution in [0.1, 0.15) is 65.1 Å². The highest BCUT2D eigenvalue weighted by molar-refractivity contribution is 5.92. The maximum absolute atomic E-state index is 14.2. The number of aryl methyl sites for hydroxylation is 1. The van der Waals surface area contributed by atoms with Gasteiger partial charge < -0.3 is 14.4 Å². The number of hydrogen-bond acceptors (Lipinski definition) is 7. The lowest BCUT2D eigenvalue weighted by molar-refractivity contribution is -0.165. The normalized spacial score (nSPS) is 18.1. The SMILES string of the molecule is CCOC(=O)C(CCc1ccccc1)N[C@@](C)(C(=O)N1CCC[C@H]1C(=O)OC(C)(C)C)c1ccccn1. The van der Waals surface area contributed by atoms with E-state index in [1.807, 2.05) is 51.1 Å². The first-order valence-electron chi connectivity index (χ1n) is 13.0. The molecule has 1 aliphatic rings. The lowest BCUT2D eigenvalue weighted by Crippen LogP contribution is -2.60. The molecule has 3 rings (SSSR count). The van der Waals surface area contributed by atoms with Gasteiger partial charge in [-0.1, -0.05) is 36.4 Å². The quantitative estimate of drug-likeness (QED) is 0.487. The van der Waals surface area contributed by atoms with Crippen molar-refractivity contribution < 1.29 is 23.9 Å². The summed E-state index contributed by atoms with van der Waals surface area (Å²) in [5.74, 6) is -1.18. The number of amides is 1. The average Bonchev–Trinajstić information content (AvgIpc) is 3.36. The van der Waals surface area contributed by atoms with Gasteiger partial charge in [0.15, 0.2) is 0 Å². The van der Waals surface area contributed by atoms with E-state index in [1.54, 1.807) is 43.1 Å². The van der Waals surface area contributed by atoms with Gasteiger partial charge in [0.2, 0.25) is 5.91 Å². The van der Waals surface area contributed by atoms with Crippen LogP contribution in [0.4, 0.5) is 0 Å². The van der Waals surface area contributed by atoms with E-state index in [0.29, 0.717) is 37.9 Å². The molecule has 37 heavy (non-hydrogen) atoms. The molecule has 2 heterocycles. The van der Waals surface area contributed by atoms with Crippen molar-refractivity contribution in [1.82, 2.24) is 15.2 Å². The highest BCUT2D eigenvalue weighted by Crippen LogP contribution is 2.29. The lowest BCUT2D eigenvalue weighted by atomic mass is 9.91. The third-order valence-electron chi connectivity index (χ3n) is 6.40. The fourth-order valence-electron chi connectivity index (χ4n) is 4.61. The number of rotatable bonds is 10. The van der Waals surface area contributed by atoms with Crippen molar-refractivity contribution in [3.8, 4) is 0 Å². The molecule has 2 aromatic rings. The summed E-state index contributed by atoms with van der Waals surface area (Å²) in [4.78, 5) is 46.3. The third-order valence-corrected chi connectivity index (χ3v) is 6.40. The van der Waals surface area contributed by atoms with Crippen LogP contribution in [0.3, 0.4) is 0 Å². The molecule has 1 fully saturated rings. The molecule has 0 radical (unpaired) electrons. The second-order valence-electron chi connectivity index (χ2n) is 10.5. The molecule has 1 aromatic carbocycles. The maximum atomic E-state index is 14.2. The molecule has 8 heteroatoms. The minimum atomic E-state index is -1.38. The number of pyridine rings is 1. The Bertz CT molecular complexity index is 1050. The Morgan fingerprint density at radius 3 is 2.41 bits per heavy atom. The van der Waals surface area contributed by atoms with Gasteiger partial charge in [0.05, 0.1) is 12.3 Å². The highest BCUT2D eigenvalue weighted by atomic mass is 16.6. The molecule has 0 spiro atoms. The van der Waals surface area contributed by atoms with Crippen molar-refractivity contribution in [3.63, 3.8) is 0 Å². The third kappa shape index (κ3) is 7.38.